The van der Waals surface area contributed by atoms with Gasteiger partial charge in [0, 0.05) is 11.7 Å². The Hall–Kier alpha value is -0.980. The molecular formula is C13H19N. The fourth-order valence-corrected chi connectivity index (χ4v) is 2.47. The van der Waals surface area contributed by atoms with E-state index in [1.807, 2.05) is 0 Å². The van der Waals surface area contributed by atoms with Crippen LogP contribution in [0.15, 0.2) is 24.3 Å². The Morgan fingerprint density at radius 1 is 1.36 bits per heavy atom. The van der Waals surface area contributed by atoms with Crippen molar-refractivity contribution < 1.29 is 0 Å². The number of nitrogens with one attached hydrogen (secondary N) is 1. The fourth-order valence-electron chi connectivity index (χ4n) is 2.47. The molecule has 1 nitrogen and oxygen atoms in total. The van der Waals surface area contributed by atoms with Crippen molar-refractivity contribution in [3.05, 3.63) is 29.8 Å². The van der Waals surface area contributed by atoms with Crippen molar-refractivity contribution in [2.75, 3.05) is 5.32 Å². The van der Waals surface area contributed by atoms with E-state index in [-0.39, 0.29) is 0 Å². The molecule has 0 saturated carbocycles. The molecule has 0 aliphatic carbocycles. The predicted molar refractivity (Wildman–Crippen MR) is 61.6 cm³/mol. The molecule has 76 valence electrons. The lowest BCUT2D eigenvalue weighted by Crippen LogP contribution is -2.41. The number of rotatable bonds is 1. The summed E-state index contributed by atoms with van der Waals surface area (Å²) in [7, 11) is 0. The summed E-state index contributed by atoms with van der Waals surface area (Å²) in [6.45, 7) is 6.96. The van der Waals surface area contributed by atoms with Gasteiger partial charge in [-0.05, 0) is 29.9 Å². The van der Waals surface area contributed by atoms with Gasteiger partial charge in [0.2, 0.25) is 0 Å². The average Bonchev–Trinajstić information content (AvgIpc) is 2.15. The van der Waals surface area contributed by atoms with Gasteiger partial charge in [-0.25, -0.2) is 0 Å². The summed E-state index contributed by atoms with van der Waals surface area (Å²) in [5, 5.41) is 3.64. The van der Waals surface area contributed by atoms with Gasteiger partial charge in [-0.3, -0.25) is 0 Å². The van der Waals surface area contributed by atoms with E-state index in [1.54, 1.807) is 0 Å². The van der Waals surface area contributed by atoms with Crippen LogP contribution in [0.5, 0.6) is 0 Å². The first kappa shape index (κ1) is 9.57. The normalized spacial score (nSPS) is 23.8. The third-order valence-corrected chi connectivity index (χ3v) is 3.34. The smallest absolute Gasteiger partial charge is 0.0375 e. The molecule has 1 aliphatic heterocycles. The zero-order valence-corrected chi connectivity index (χ0v) is 9.30. The van der Waals surface area contributed by atoms with Crippen LogP contribution in [0, 0.1) is 5.41 Å². The van der Waals surface area contributed by atoms with Gasteiger partial charge >= 0.3 is 0 Å². The number of fused-ring (bicyclic) bond motifs is 1. The van der Waals surface area contributed by atoms with Crippen LogP contribution in [-0.4, -0.2) is 6.04 Å². The maximum Gasteiger partial charge on any atom is 0.0375 e. The first-order chi connectivity index (χ1) is 6.63. The van der Waals surface area contributed by atoms with Crippen LogP contribution in [-0.2, 0) is 6.42 Å². The van der Waals surface area contributed by atoms with Crippen molar-refractivity contribution in [1.82, 2.24) is 0 Å². The van der Waals surface area contributed by atoms with Gasteiger partial charge in [-0.2, -0.15) is 0 Å². The highest BCUT2D eigenvalue weighted by molar-refractivity contribution is 5.54. The lowest BCUT2D eigenvalue weighted by atomic mass is 9.74. The second-order valence-electron chi connectivity index (χ2n) is 4.93. The molecule has 0 radical (unpaired) electrons. The Morgan fingerprint density at radius 2 is 2.07 bits per heavy atom. The van der Waals surface area contributed by atoms with E-state index in [2.05, 4.69) is 50.4 Å². The Bertz CT molecular complexity index is 328. The van der Waals surface area contributed by atoms with Gasteiger partial charge in [-0.15, -0.1) is 0 Å². The third-order valence-electron chi connectivity index (χ3n) is 3.34. The van der Waals surface area contributed by atoms with E-state index >= 15 is 0 Å². The van der Waals surface area contributed by atoms with Crippen molar-refractivity contribution in [3.8, 4) is 0 Å². The average molecular weight is 189 g/mol. The lowest BCUT2D eigenvalue weighted by Gasteiger charge is -2.40. The molecule has 0 bridgehead atoms. The Balaban J connectivity index is 2.35. The van der Waals surface area contributed by atoms with Crippen LogP contribution >= 0.6 is 0 Å². The van der Waals surface area contributed by atoms with Crippen molar-refractivity contribution >= 4 is 5.69 Å². The summed E-state index contributed by atoms with van der Waals surface area (Å²) in [5.41, 5.74) is 3.17. The minimum atomic E-state index is 0.378. The van der Waals surface area contributed by atoms with Gasteiger partial charge in [0.05, 0.1) is 0 Å². The summed E-state index contributed by atoms with van der Waals surface area (Å²) in [6, 6.07) is 9.26. The molecule has 0 aromatic heterocycles. The summed E-state index contributed by atoms with van der Waals surface area (Å²) in [6.07, 6.45) is 2.38. The molecule has 0 fully saturated rings. The molecule has 1 unspecified atom stereocenters. The molecule has 1 heteroatoms. The number of benzene rings is 1. The fraction of sp³-hybridized carbons (Fsp3) is 0.538. The first-order valence-electron chi connectivity index (χ1n) is 5.48. The van der Waals surface area contributed by atoms with E-state index in [9.17, 15) is 0 Å². The Labute approximate surface area is 86.5 Å². The summed E-state index contributed by atoms with van der Waals surface area (Å²) in [4.78, 5) is 0. The molecule has 0 spiro atoms. The van der Waals surface area contributed by atoms with Crippen LogP contribution < -0.4 is 5.32 Å². The third kappa shape index (κ3) is 1.52. The van der Waals surface area contributed by atoms with Crippen molar-refractivity contribution in [3.63, 3.8) is 0 Å². The zero-order valence-electron chi connectivity index (χ0n) is 9.30. The number of para-hydroxylation sites is 1. The molecule has 1 N–H and O–H groups in total. The predicted octanol–water partition coefficient (Wildman–Crippen LogP) is 3.46. The Morgan fingerprint density at radius 3 is 2.79 bits per heavy atom. The molecular weight excluding hydrogens is 170 g/mol. The molecule has 1 aromatic carbocycles. The second kappa shape index (κ2) is 3.30. The summed E-state index contributed by atoms with van der Waals surface area (Å²) >= 11 is 0. The van der Waals surface area contributed by atoms with Crippen LogP contribution in [0.2, 0.25) is 0 Å². The summed E-state index contributed by atoms with van der Waals surface area (Å²) < 4.78 is 0. The van der Waals surface area contributed by atoms with E-state index < -0.39 is 0 Å². The molecule has 0 amide bonds. The van der Waals surface area contributed by atoms with Crippen LogP contribution in [0.4, 0.5) is 5.69 Å². The Kier molecular flexibility index (Phi) is 2.26. The highest BCUT2D eigenvalue weighted by Gasteiger charge is 2.32. The van der Waals surface area contributed by atoms with Gasteiger partial charge in [0.25, 0.3) is 0 Å². The van der Waals surface area contributed by atoms with Gasteiger partial charge in [0.1, 0.15) is 0 Å². The number of hydrogen-bond acceptors (Lipinski definition) is 1. The number of anilines is 1. The quantitative estimate of drug-likeness (QED) is 0.713. The zero-order chi connectivity index (χ0) is 10.2. The van der Waals surface area contributed by atoms with Crippen LogP contribution in [0.1, 0.15) is 32.8 Å². The second-order valence-corrected chi connectivity index (χ2v) is 4.93. The molecule has 1 aromatic rings. The maximum absolute atomic E-state index is 3.64. The van der Waals surface area contributed by atoms with Crippen molar-refractivity contribution in [2.24, 2.45) is 5.41 Å². The SMILES string of the molecule is CCC1Nc2ccccc2CC1(C)C. The minimum Gasteiger partial charge on any atom is -0.382 e. The molecule has 1 atom stereocenters. The number of hydrogen-bond donors (Lipinski definition) is 1. The van der Waals surface area contributed by atoms with E-state index in [0.29, 0.717) is 11.5 Å². The van der Waals surface area contributed by atoms with E-state index in [4.69, 9.17) is 0 Å². The highest BCUT2D eigenvalue weighted by atomic mass is 15.0. The first-order valence-corrected chi connectivity index (χ1v) is 5.48. The standard InChI is InChI=1S/C13H19N/c1-4-12-13(2,3)9-10-7-5-6-8-11(10)14-12/h5-8,12,14H,4,9H2,1-3H3. The lowest BCUT2D eigenvalue weighted by molar-refractivity contribution is 0.285. The van der Waals surface area contributed by atoms with Gasteiger partial charge in [-0.1, -0.05) is 39.0 Å². The minimum absolute atomic E-state index is 0.378. The van der Waals surface area contributed by atoms with Gasteiger partial charge in [0.15, 0.2) is 0 Å². The largest absolute Gasteiger partial charge is 0.382 e. The van der Waals surface area contributed by atoms with Crippen molar-refractivity contribution in [2.45, 2.75) is 39.7 Å². The van der Waals surface area contributed by atoms with Crippen LogP contribution in [0.25, 0.3) is 0 Å². The maximum atomic E-state index is 3.64. The molecule has 2 rings (SSSR count). The van der Waals surface area contributed by atoms with Crippen molar-refractivity contribution in [1.29, 1.82) is 0 Å². The monoisotopic (exact) mass is 189 g/mol. The van der Waals surface area contributed by atoms with E-state index in [0.717, 1.165) is 0 Å². The molecule has 1 aliphatic rings. The topological polar surface area (TPSA) is 12.0 Å². The van der Waals surface area contributed by atoms with E-state index in [1.165, 1.54) is 24.1 Å². The van der Waals surface area contributed by atoms with Gasteiger partial charge < -0.3 is 5.32 Å². The molecule has 0 saturated heterocycles. The highest BCUT2D eigenvalue weighted by Crippen LogP contribution is 2.37. The van der Waals surface area contributed by atoms with Crippen LogP contribution in [0.3, 0.4) is 0 Å². The molecule has 1 heterocycles. The molecule has 14 heavy (non-hydrogen) atoms. The summed E-state index contributed by atoms with van der Waals surface area (Å²) in [5.74, 6) is 0.